The van der Waals surface area contributed by atoms with Gasteiger partial charge in [0.25, 0.3) is 0 Å². The van der Waals surface area contributed by atoms with Crippen molar-refractivity contribution in [3.05, 3.63) is 60.8 Å². The van der Waals surface area contributed by atoms with Gasteiger partial charge >= 0.3 is 17.9 Å². The van der Waals surface area contributed by atoms with Crippen LogP contribution in [0.2, 0.25) is 0 Å². The van der Waals surface area contributed by atoms with E-state index in [4.69, 9.17) is 14.2 Å². The molecule has 74 heavy (non-hydrogen) atoms. The normalized spacial score (nSPS) is 12.4. The Balaban J connectivity index is 4.28. The van der Waals surface area contributed by atoms with Gasteiger partial charge in [0.1, 0.15) is 13.2 Å². The minimum atomic E-state index is -0.783. The number of rotatable bonds is 59. The Bertz CT molecular complexity index is 1330. The average Bonchev–Trinajstić information content (AvgIpc) is 3.40. The predicted octanol–water partition coefficient (Wildman–Crippen LogP) is 21.9. The summed E-state index contributed by atoms with van der Waals surface area (Å²) in [6.07, 6.45) is 79.4. The van der Waals surface area contributed by atoms with Crippen molar-refractivity contribution in [2.24, 2.45) is 0 Å². The molecule has 6 heteroatoms. The third kappa shape index (κ3) is 60.0. The van der Waals surface area contributed by atoms with Gasteiger partial charge in [0.15, 0.2) is 6.10 Å². The van der Waals surface area contributed by atoms with Gasteiger partial charge in [0, 0.05) is 19.3 Å². The number of ether oxygens (including phenoxy) is 3. The molecule has 1 unspecified atom stereocenters. The molecule has 0 N–H and O–H groups in total. The second-order valence-corrected chi connectivity index (χ2v) is 21.7. The zero-order valence-corrected chi connectivity index (χ0v) is 49.4. The topological polar surface area (TPSA) is 78.9 Å². The predicted molar refractivity (Wildman–Crippen MR) is 321 cm³/mol. The molecule has 0 spiro atoms. The highest BCUT2D eigenvalue weighted by Crippen LogP contribution is 2.17. The maximum Gasteiger partial charge on any atom is 0.306 e. The largest absolute Gasteiger partial charge is 0.462 e. The van der Waals surface area contributed by atoms with Crippen molar-refractivity contribution >= 4 is 17.9 Å². The fourth-order valence-corrected chi connectivity index (χ4v) is 9.33. The molecule has 0 amide bonds. The zero-order chi connectivity index (χ0) is 53.6. The Labute approximate surface area is 460 Å². The summed E-state index contributed by atoms with van der Waals surface area (Å²) in [7, 11) is 0. The third-order valence-corrected chi connectivity index (χ3v) is 14.2. The van der Waals surface area contributed by atoms with Gasteiger partial charge in [0.2, 0.25) is 0 Å². The lowest BCUT2D eigenvalue weighted by atomic mass is 10.0. The molecule has 430 valence electrons. The highest BCUT2D eigenvalue weighted by atomic mass is 16.6. The van der Waals surface area contributed by atoms with Crippen molar-refractivity contribution in [3.63, 3.8) is 0 Å². The summed E-state index contributed by atoms with van der Waals surface area (Å²) in [5, 5.41) is 0. The first-order chi connectivity index (χ1) is 36.5. The van der Waals surface area contributed by atoms with Crippen LogP contribution in [-0.2, 0) is 28.6 Å². The van der Waals surface area contributed by atoms with E-state index in [-0.39, 0.29) is 31.1 Å². The summed E-state index contributed by atoms with van der Waals surface area (Å²) in [5.74, 6) is -0.883. The molecule has 0 radical (unpaired) electrons. The quantitative estimate of drug-likeness (QED) is 0.0261. The lowest BCUT2D eigenvalue weighted by molar-refractivity contribution is -0.167. The molecule has 0 aliphatic heterocycles. The van der Waals surface area contributed by atoms with Crippen LogP contribution >= 0.6 is 0 Å². The summed E-state index contributed by atoms with van der Waals surface area (Å²) >= 11 is 0. The highest BCUT2D eigenvalue weighted by Gasteiger charge is 2.19. The third-order valence-electron chi connectivity index (χ3n) is 14.2. The van der Waals surface area contributed by atoms with Crippen molar-refractivity contribution in [1.82, 2.24) is 0 Å². The molecule has 0 aromatic carbocycles. The van der Waals surface area contributed by atoms with Crippen molar-refractivity contribution in [2.75, 3.05) is 13.2 Å². The Morgan fingerprint density at radius 2 is 0.514 bits per heavy atom. The summed E-state index contributed by atoms with van der Waals surface area (Å²) in [4.78, 5) is 38.3. The summed E-state index contributed by atoms with van der Waals surface area (Å²) in [6, 6.07) is 0. The van der Waals surface area contributed by atoms with E-state index in [1.807, 2.05) is 0 Å². The SMILES string of the molecule is CCC/C=C\C/C=C\CCCCCCCC(=O)OCC(COC(=O)CCCCCCCCCCCCCCC/C=C\C/C=C\CCCCCCC)OC(=O)CCCCCCCCC/C=C\CCCCCCCCC. The zero-order valence-electron chi connectivity index (χ0n) is 49.4. The first-order valence-corrected chi connectivity index (χ1v) is 32.3. The Morgan fingerprint density at radius 3 is 0.811 bits per heavy atom. The van der Waals surface area contributed by atoms with Crippen LogP contribution in [0.3, 0.4) is 0 Å². The highest BCUT2D eigenvalue weighted by molar-refractivity contribution is 5.71. The molecule has 0 aliphatic rings. The molecule has 0 saturated carbocycles. The summed E-state index contributed by atoms with van der Waals surface area (Å²) < 4.78 is 16.9. The Morgan fingerprint density at radius 1 is 0.270 bits per heavy atom. The van der Waals surface area contributed by atoms with E-state index >= 15 is 0 Å². The lowest BCUT2D eigenvalue weighted by Crippen LogP contribution is -2.30. The lowest BCUT2D eigenvalue weighted by Gasteiger charge is -2.18. The first-order valence-electron chi connectivity index (χ1n) is 32.3. The maximum absolute atomic E-state index is 12.9. The number of carbonyl (C=O) groups excluding carboxylic acids is 3. The molecule has 0 aromatic rings. The van der Waals surface area contributed by atoms with Crippen LogP contribution in [0.5, 0.6) is 0 Å². The Hall–Kier alpha value is -2.89. The molecule has 1 atom stereocenters. The molecule has 0 bridgehead atoms. The molecule has 0 rings (SSSR count). The molecule has 0 fully saturated rings. The maximum atomic E-state index is 12.9. The first kappa shape index (κ1) is 71.1. The molecular formula is C68H122O6. The van der Waals surface area contributed by atoms with Crippen molar-refractivity contribution in [1.29, 1.82) is 0 Å². The van der Waals surface area contributed by atoms with Crippen LogP contribution < -0.4 is 0 Å². The monoisotopic (exact) mass is 1030 g/mol. The number of allylic oxidation sites excluding steroid dienone is 10. The van der Waals surface area contributed by atoms with Crippen LogP contribution in [0, 0.1) is 0 Å². The number of esters is 3. The van der Waals surface area contributed by atoms with E-state index in [9.17, 15) is 14.4 Å². The number of hydrogen-bond acceptors (Lipinski definition) is 6. The molecule has 0 aromatic heterocycles. The summed E-state index contributed by atoms with van der Waals surface area (Å²) in [6.45, 7) is 6.59. The molecule has 0 heterocycles. The second kappa shape index (κ2) is 62.6. The molecule has 0 saturated heterocycles. The summed E-state index contributed by atoms with van der Waals surface area (Å²) in [5.41, 5.74) is 0. The number of hydrogen-bond donors (Lipinski definition) is 0. The van der Waals surface area contributed by atoms with E-state index in [1.54, 1.807) is 0 Å². The van der Waals surface area contributed by atoms with Crippen LogP contribution in [0.4, 0.5) is 0 Å². The second-order valence-electron chi connectivity index (χ2n) is 21.7. The van der Waals surface area contributed by atoms with Gasteiger partial charge in [-0.3, -0.25) is 14.4 Å². The fraction of sp³-hybridized carbons (Fsp3) is 0.809. The fourth-order valence-electron chi connectivity index (χ4n) is 9.33. The van der Waals surface area contributed by atoms with Gasteiger partial charge in [-0.1, -0.05) is 274 Å². The van der Waals surface area contributed by atoms with E-state index < -0.39 is 6.10 Å². The van der Waals surface area contributed by atoms with E-state index in [0.717, 1.165) is 89.9 Å². The number of unbranched alkanes of at least 4 members (excludes halogenated alkanes) is 38. The van der Waals surface area contributed by atoms with E-state index in [0.29, 0.717) is 19.3 Å². The van der Waals surface area contributed by atoms with Crippen molar-refractivity contribution < 1.29 is 28.6 Å². The van der Waals surface area contributed by atoms with Crippen molar-refractivity contribution in [3.8, 4) is 0 Å². The van der Waals surface area contributed by atoms with Gasteiger partial charge in [-0.25, -0.2) is 0 Å². The van der Waals surface area contributed by atoms with Crippen LogP contribution in [0.25, 0.3) is 0 Å². The molecule has 6 nitrogen and oxygen atoms in total. The minimum absolute atomic E-state index is 0.0789. The van der Waals surface area contributed by atoms with Crippen LogP contribution in [0.1, 0.15) is 335 Å². The average molecular weight is 1040 g/mol. The van der Waals surface area contributed by atoms with Gasteiger partial charge in [-0.2, -0.15) is 0 Å². The van der Waals surface area contributed by atoms with E-state index in [2.05, 4.69) is 81.5 Å². The van der Waals surface area contributed by atoms with Gasteiger partial charge < -0.3 is 14.2 Å². The number of carbonyl (C=O) groups is 3. The van der Waals surface area contributed by atoms with Gasteiger partial charge in [-0.15, -0.1) is 0 Å². The van der Waals surface area contributed by atoms with Gasteiger partial charge in [0.05, 0.1) is 0 Å². The standard InChI is InChI=1S/C68H122O6/c1-4-7-10-13-16-19-22-25-27-29-31-32-33-34-35-36-37-39-40-43-46-49-52-55-58-61-67(70)73-64-65(63-72-66(69)60-57-54-51-48-45-42-24-21-18-15-12-9-6-3)74-68(71)62-59-56-53-50-47-44-41-38-30-28-26-23-20-17-14-11-8-5-2/h12,15,21-22,24-25,28-31,65H,4-11,13-14,16-20,23,26-27,32-64H2,1-3H3/b15-12-,24-21-,25-22-,30-28-,31-29-. The molecular weight excluding hydrogens is 913 g/mol. The van der Waals surface area contributed by atoms with Crippen LogP contribution in [0.15, 0.2) is 60.8 Å². The van der Waals surface area contributed by atoms with Crippen LogP contribution in [-0.4, -0.2) is 37.2 Å². The van der Waals surface area contributed by atoms with Gasteiger partial charge in [-0.05, 0) is 103 Å². The van der Waals surface area contributed by atoms with Crippen molar-refractivity contribution in [2.45, 2.75) is 341 Å². The minimum Gasteiger partial charge on any atom is -0.462 e. The smallest absolute Gasteiger partial charge is 0.306 e. The molecule has 0 aliphatic carbocycles. The Kier molecular flexibility index (Phi) is 60.2. The van der Waals surface area contributed by atoms with E-state index in [1.165, 1.54) is 205 Å².